The van der Waals surface area contributed by atoms with E-state index in [0.29, 0.717) is 12.8 Å². The molecule has 106 valence electrons. The lowest BCUT2D eigenvalue weighted by molar-refractivity contribution is -0.313. The first-order valence-electron chi connectivity index (χ1n) is 6.45. The Hall–Kier alpha value is -2.30. The van der Waals surface area contributed by atoms with Gasteiger partial charge in [-0.1, -0.05) is 18.2 Å². The van der Waals surface area contributed by atoms with Gasteiger partial charge in [-0.25, -0.2) is 0 Å². The van der Waals surface area contributed by atoms with E-state index in [2.05, 4.69) is 5.32 Å². The Bertz CT molecular complexity index is 565. The first-order chi connectivity index (χ1) is 9.49. The molecule has 0 unspecified atom stereocenters. The minimum atomic E-state index is -1.22. The van der Waals surface area contributed by atoms with E-state index in [4.69, 9.17) is 0 Å². The normalized spacial score (nSPS) is 21.4. The highest BCUT2D eigenvalue weighted by Crippen LogP contribution is 2.29. The predicted molar refractivity (Wildman–Crippen MR) is 71.8 cm³/mol. The zero-order valence-corrected chi connectivity index (χ0v) is 11.1. The third-order valence-corrected chi connectivity index (χ3v) is 3.48. The summed E-state index contributed by atoms with van der Waals surface area (Å²) >= 11 is 0. The number of phenolic OH excluding ortho intramolecular Hbond substituents is 1. The van der Waals surface area contributed by atoms with Crippen LogP contribution in [-0.4, -0.2) is 17.0 Å². The second-order valence-electron chi connectivity index (χ2n) is 4.98. The maximum atomic E-state index is 12.2. The molecule has 0 heterocycles. The number of aryl methyl sites for hydroxylation is 1. The second kappa shape index (κ2) is 5.77. The molecule has 0 radical (unpaired) electrons. The maximum absolute atomic E-state index is 12.2. The van der Waals surface area contributed by atoms with Crippen molar-refractivity contribution >= 4 is 17.6 Å². The summed E-state index contributed by atoms with van der Waals surface area (Å²) in [5, 5.41) is 23.4. The largest absolute Gasteiger partial charge is 0.550 e. The van der Waals surface area contributed by atoms with Gasteiger partial charge in [-0.2, -0.15) is 0 Å². The van der Waals surface area contributed by atoms with Crippen LogP contribution in [0.4, 0.5) is 5.69 Å². The first-order valence-corrected chi connectivity index (χ1v) is 6.45. The first kappa shape index (κ1) is 14.1. The van der Waals surface area contributed by atoms with E-state index in [9.17, 15) is 19.8 Å². The van der Waals surface area contributed by atoms with Crippen LogP contribution in [0.5, 0.6) is 5.75 Å². The number of carbonyl (C=O) groups excluding carboxylic acids is 2. The summed E-state index contributed by atoms with van der Waals surface area (Å²) in [6, 6.07) is 4.88. The number of hydrogen-bond acceptors (Lipinski definition) is 4. The van der Waals surface area contributed by atoms with Crippen molar-refractivity contribution in [3.05, 3.63) is 35.9 Å². The molecular weight excluding hydrogens is 258 g/mol. The van der Waals surface area contributed by atoms with Gasteiger partial charge in [-0.05, 0) is 37.5 Å². The van der Waals surface area contributed by atoms with Crippen LogP contribution in [0.2, 0.25) is 0 Å². The topological polar surface area (TPSA) is 89.5 Å². The molecule has 2 N–H and O–H groups in total. The zero-order valence-electron chi connectivity index (χ0n) is 11.1. The Morgan fingerprint density at radius 1 is 1.25 bits per heavy atom. The van der Waals surface area contributed by atoms with Crippen molar-refractivity contribution < 1.29 is 19.8 Å². The van der Waals surface area contributed by atoms with E-state index in [0.717, 1.165) is 5.56 Å². The summed E-state index contributed by atoms with van der Waals surface area (Å²) in [4.78, 5) is 23.2. The monoisotopic (exact) mass is 274 g/mol. The summed E-state index contributed by atoms with van der Waals surface area (Å²) < 4.78 is 0. The summed E-state index contributed by atoms with van der Waals surface area (Å²) in [6.07, 6.45) is 4.18. The van der Waals surface area contributed by atoms with E-state index in [1.54, 1.807) is 24.3 Å². The number of carboxylic acid groups (broad SMARTS) is 1. The number of nitrogens with one attached hydrogen (secondary N) is 1. The maximum Gasteiger partial charge on any atom is 0.228 e. The smallest absolute Gasteiger partial charge is 0.228 e. The zero-order chi connectivity index (χ0) is 14.7. The van der Waals surface area contributed by atoms with Crippen molar-refractivity contribution in [2.45, 2.75) is 19.8 Å². The van der Waals surface area contributed by atoms with E-state index in [-0.39, 0.29) is 11.4 Å². The molecule has 20 heavy (non-hydrogen) atoms. The van der Waals surface area contributed by atoms with E-state index in [1.807, 2.05) is 6.92 Å². The van der Waals surface area contributed by atoms with Crippen LogP contribution in [-0.2, 0) is 9.59 Å². The molecular formula is C15H16NO4-. The van der Waals surface area contributed by atoms with Gasteiger partial charge < -0.3 is 20.3 Å². The van der Waals surface area contributed by atoms with Crippen molar-refractivity contribution in [1.82, 2.24) is 0 Å². The summed E-state index contributed by atoms with van der Waals surface area (Å²) in [7, 11) is 0. The van der Waals surface area contributed by atoms with Crippen LogP contribution < -0.4 is 10.4 Å². The molecule has 1 aromatic carbocycles. The fraction of sp³-hybridized carbons (Fsp3) is 0.333. The Labute approximate surface area is 116 Å². The number of aromatic hydroxyl groups is 1. The molecule has 5 heteroatoms. The van der Waals surface area contributed by atoms with Crippen LogP contribution in [0.15, 0.2) is 30.4 Å². The molecule has 2 rings (SSSR count). The molecule has 0 spiro atoms. The molecule has 0 bridgehead atoms. The number of amides is 1. The third kappa shape index (κ3) is 2.99. The van der Waals surface area contributed by atoms with Crippen LogP contribution in [0.25, 0.3) is 0 Å². The van der Waals surface area contributed by atoms with Gasteiger partial charge in [0.2, 0.25) is 5.91 Å². The lowest BCUT2D eigenvalue weighted by atomic mass is 9.82. The number of carboxylic acids is 1. The Morgan fingerprint density at radius 2 is 1.90 bits per heavy atom. The fourth-order valence-corrected chi connectivity index (χ4v) is 2.34. The van der Waals surface area contributed by atoms with Gasteiger partial charge in [0.1, 0.15) is 5.75 Å². The molecule has 0 aliphatic heterocycles. The lowest BCUT2D eigenvalue weighted by Gasteiger charge is -2.28. The molecule has 5 nitrogen and oxygen atoms in total. The number of carbonyl (C=O) groups is 2. The molecule has 2 atom stereocenters. The number of phenols is 1. The summed E-state index contributed by atoms with van der Waals surface area (Å²) in [5.41, 5.74) is 1.15. The van der Waals surface area contributed by atoms with E-state index < -0.39 is 23.7 Å². The van der Waals surface area contributed by atoms with Crippen molar-refractivity contribution in [3.63, 3.8) is 0 Å². The number of benzene rings is 1. The number of aliphatic carboxylic acids is 1. The van der Waals surface area contributed by atoms with Gasteiger partial charge >= 0.3 is 0 Å². The summed E-state index contributed by atoms with van der Waals surface area (Å²) in [5.74, 6) is -3.17. The van der Waals surface area contributed by atoms with Gasteiger partial charge in [-0.15, -0.1) is 0 Å². The number of allylic oxidation sites excluding steroid dienone is 2. The fourth-order valence-electron chi connectivity index (χ4n) is 2.34. The Kier molecular flexibility index (Phi) is 4.08. The van der Waals surface area contributed by atoms with Gasteiger partial charge in [0.05, 0.1) is 11.6 Å². The average molecular weight is 274 g/mol. The Balaban J connectivity index is 2.14. The molecule has 0 saturated carbocycles. The molecule has 1 aliphatic carbocycles. The number of anilines is 1. The minimum Gasteiger partial charge on any atom is -0.550 e. The van der Waals surface area contributed by atoms with Gasteiger partial charge in [0.25, 0.3) is 0 Å². The van der Waals surface area contributed by atoms with Crippen molar-refractivity contribution in [3.8, 4) is 5.75 Å². The SMILES string of the molecule is Cc1ccc(NC(=O)[C@H]2CC=CC[C@H]2C(=O)[O-])c(O)c1. The highest BCUT2D eigenvalue weighted by molar-refractivity contribution is 5.96. The standard InChI is InChI=1S/C15H17NO4/c1-9-6-7-12(13(17)8-9)16-14(18)10-4-2-3-5-11(10)15(19)20/h2-3,6-8,10-11,17H,4-5H2,1H3,(H,16,18)(H,19,20)/p-1/t10-,11+/m0/s1. The molecule has 0 fully saturated rings. The van der Waals surface area contributed by atoms with E-state index in [1.165, 1.54) is 6.07 Å². The average Bonchev–Trinajstić information content (AvgIpc) is 2.41. The van der Waals surface area contributed by atoms with Crippen molar-refractivity contribution in [2.75, 3.05) is 5.32 Å². The molecule has 0 saturated heterocycles. The van der Waals surface area contributed by atoms with Crippen LogP contribution in [0, 0.1) is 18.8 Å². The van der Waals surface area contributed by atoms with Gasteiger partial charge in [-0.3, -0.25) is 4.79 Å². The van der Waals surface area contributed by atoms with E-state index >= 15 is 0 Å². The second-order valence-corrected chi connectivity index (χ2v) is 4.98. The molecule has 1 aliphatic rings. The third-order valence-electron chi connectivity index (χ3n) is 3.48. The highest BCUT2D eigenvalue weighted by atomic mass is 16.4. The van der Waals surface area contributed by atoms with Gasteiger partial charge in [0.15, 0.2) is 0 Å². The van der Waals surface area contributed by atoms with Crippen LogP contribution >= 0.6 is 0 Å². The van der Waals surface area contributed by atoms with Crippen molar-refractivity contribution in [1.29, 1.82) is 0 Å². The predicted octanol–water partition coefficient (Wildman–Crippen LogP) is 0.971. The molecule has 1 amide bonds. The number of hydrogen-bond donors (Lipinski definition) is 2. The van der Waals surface area contributed by atoms with Crippen LogP contribution in [0.3, 0.4) is 0 Å². The van der Waals surface area contributed by atoms with Crippen LogP contribution in [0.1, 0.15) is 18.4 Å². The summed E-state index contributed by atoms with van der Waals surface area (Å²) in [6.45, 7) is 1.82. The highest BCUT2D eigenvalue weighted by Gasteiger charge is 2.30. The number of rotatable bonds is 3. The lowest BCUT2D eigenvalue weighted by Crippen LogP contribution is -2.41. The minimum absolute atomic E-state index is 0.0327. The molecule has 0 aromatic heterocycles. The molecule has 1 aromatic rings. The quantitative estimate of drug-likeness (QED) is 0.635. The van der Waals surface area contributed by atoms with Crippen molar-refractivity contribution in [2.24, 2.45) is 11.8 Å². The Morgan fingerprint density at radius 3 is 2.50 bits per heavy atom. The van der Waals surface area contributed by atoms with Gasteiger partial charge in [0, 0.05) is 11.9 Å².